The van der Waals surface area contributed by atoms with Gasteiger partial charge in [0.1, 0.15) is 10.8 Å². The maximum atomic E-state index is 12.1. The maximum absolute atomic E-state index is 12.1. The molecule has 2 rings (SSSR count). The van der Waals surface area contributed by atoms with Crippen molar-refractivity contribution >= 4 is 35.5 Å². The van der Waals surface area contributed by atoms with Gasteiger partial charge in [0.2, 0.25) is 0 Å². The number of anilines is 1. The molecule has 0 saturated carbocycles. The molecule has 1 aromatic carbocycles. The van der Waals surface area contributed by atoms with Crippen LogP contribution in [0.4, 0.5) is 10.5 Å². The van der Waals surface area contributed by atoms with E-state index < -0.39 is 5.60 Å². The molecular weight excluding hydrogens is 324 g/mol. The molecule has 0 saturated heterocycles. The van der Waals surface area contributed by atoms with Crippen molar-refractivity contribution < 1.29 is 9.53 Å². The Hall–Kier alpha value is -2.33. The average Bonchev–Trinajstić information content (AvgIpc) is 2.52. The number of hydrogen-bond donors (Lipinski definition) is 0. The van der Waals surface area contributed by atoms with Crippen molar-refractivity contribution in [3.8, 4) is 0 Å². The molecule has 1 aromatic heterocycles. The summed E-state index contributed by atoms with van der Waals surface area (Å²) in [5.41, 5.74) is 2.25. The molecule has 0 fully saturated rings. The first-order valence-electron chi connectivity index (χ1n) is 7.61. The second-order valence-corrected chi connectivity index (χ2v) is 6.77. The molecular formula is C19H21ClN2O2. The Balaban J connectivity index is 2.04. The first kappa shape index (κ1) is 18.0. The van der Waals surface area contributed by atoms with Crippen LogP contribution in [0, 0.1) is 0 Å². The van der Waals surface area contributed by atoms with E-state index >= 15 is 0 Å². The summed E-state index contributed by atoms with van der Waals surface area (Å²) in [6, 6.07) is 11.3. The zero-order chi connectivity index (χ0) is 17.7. The summed E-state index contributed by atoms with van der Waals surface area (Å²) < 4.78 is 5.35. The second-order valence-electron chi connectivity index (χ2n) is 6.38. The smallest absolute Gasteiger partial charge is 0.414 e. The van der Waals surface area contributed by atoms with Crippen molar-refractivity contribution in [2.24, 2.45) is 0 Å². The molecule has 0 N–H and O–H groups in total. The van der Waals surface area contributed by atoms with E-state index in [-0.39, 0.29) is 6.09 Å². The quantitative estimate of drug-likeness (QED) is 0.712. The fourth-order valence-electron chi connectivity index (χ4n) is 1.92. The molecule has 0 spiro atoms. The van der Waals surface area contributed by atoms with E-state index in [1.807, 2.05) is 63.3 Å². The highest BCUT2D eigenvalue weighted by Gasteiger charge is 2.20. The lowest BCUT2D eigenvalue weighted by Gasteiger charge is -2.24. The van der Waals surface area contributed by atoms with E-state index in [1.165, 1.54) is 4.90 Å². The third-order valence-electron chi connectivity index (χ3n) is 3.17. The Morgan fingerprint density at radius 1 is 1.08 bits per heavy atom. The van der Waals surface area contributed by atoms with Gasteiger partial charge in [-0.15, -0.1) is 0 Å². The number of amides is 1. The van der Waals surface area contributed by atoms with Crippen LogP contribution in [-0.4, -0.2) is 23.7 Å². The fourth-order valence-corrected chi connectivity index (χ4v) is 2.03. The van der Waals surface area contributed by atoms with Gasteiger partial charge in [0.15, 0.2) is 0 Å². The normalized spacial score (nSPS) is 11.5. The number of halogens is 1. The summed E-state index contributed by atoms with van der Waals surface area (Å²) in [7, 11) is 1.69. The summed E-state index contributed by atoms with van der Waals surface area (Å²) in [6.07, 6.45) is 5.26. The Kier molecular flexibility index (Phi) is 5.62. The zero-order valence-corrected chi connectivity index (χ0v) is 15.0. The molecule has 1 heterocycles. The largest absolute Gasteiger partial charge is 0.443 e. The number of pyridine rings is 1. The van der Waals surface area contributed by atoms with Crippen molar-refractivity contribution in [3.05, 3.63) is 58.9 Å². The van der Waals surface area contributed by atoms with Gasteiger partial charge in [-0.2, -0.15) is 0 Å². The minimum absolute atomic E-state index is 0.377. The maximum Gasteiger partial charge on any atom is 0.414 e. The molecule has 0 aliphatic heterocycles. The predicted molar refractivity (Wildman–Crippen MR) is 99.3 cm³/mol. The fraction of sp³-hybridized carbons (Fsp3) is 0.263. The van der Waals surface area contributed by atoms with Gasteiger partial charge in [-0.25, -0.2) is 9.78 Å². The van der Waals surface area contributed by atoms with Gasteiger partial charge in [0.25, 0.3) is 0 Å². The molecule has 5 heteroatoms. The summed E-state index contributed by atoms with van der Waals surface area (Å²) in [5, 5.41) is 0.474. The monoisotopic (exact) mass is 344 g/mol. The van der Waals surface area contributed by atoms with Crippen molar-refractivity contribution in [2.75, 3.05) is 11.9 Å². The Bertz CT molecular complexity index is 717. The first-order chi connectivity index (χ1) is 11.2. The average molecular weight is 345 g/mol. The number of carbonyl (C=O) groups is 1. The molecule has 0 radical (unpaired) electrons. The van der Waals surface area contributed by atoms with Gasteiger partial charge < -0.3 is 4.74 Å². The molecule has 0 aliphatic carbocycles. The molecule has 0 aliphatic rings. The summed E-state index contributed by atoms with van der Waals surface area (Å²) in [4.78, 5) is 17.6. The molecule has 0 bridgehead atoms. The number of hydrogen-bond acceptors (Lipinski definition) is 3. The van der Waals surface area contributed by atoms with Crippen LogP contribution in [0.15, 0.2) is 42.6 Å². The predicted octanol–water partition coefficient (Wildman–Crippen LogP) is 5.28. The molecule has 4 nitrogen and oxygen atoms in total. The SMILES string of the molecule is CN(C(=O)OC(C)(C)C)c1ccc(/C=C/c2ccc(Cl)nc2)cc1. The van der Waals surface area contributed by atoms with Gasteiger partial charge in [0.05, 0.1) is 0 Å². The van der Waals surface area contributed by atoms with Crippen LogP contribution < -0.4 is 4.90 Å². The third-order valence-corrected chi connectivity index (χ3v) is 3.39. The van der Waals surface area contributed by atoms with E-state index in [0.29, 0.717) is 5.15 Å². The number of ether oxygens (including phenoxy) is 1. The summed E-state index contributed by atoms with van der Waals surface area (Å²) in [5.74, 6) is 0. The van der Waals surface area contributed by atoms with Crippen LogP contribution in [0.25, 0.3) is 12.2 Å². The molecule has 0 atom stereocenters. The Labute approximate surface area is 147 Å². The number of rotatable bonds is 3. The number of aromatic nitrogens is 1. The topological polar surface area (TPSA) is 42.4 Å². The van der Waals surface area contributed by atoms with Crippen LogP contribution in [0.2, 0.25) is 5.15 Å². The lowest BCUT2D eigenvalue weighted by Crippen LogP contribution is -2.34. The number of nitrogens with zero attached hydrogens (tertiary/aromatic N) is 2. The Morgan fingerprint density at radius 3 is 2.21 bits per heavy atom. The lowest BCUT2D eigenvalue weighted by atomic mass is 10.1. The van der Waals surface area contributed by atoms with E-state index in [0.717, 1.165) is 16.8 Å². The van der Waals surface area contributed by atoms with Gasteiger partial charge in [-0.05, 0) is 50.1 Å². The van der Waals surface area contributed by atoms with Gasteiger partial charge >= 0.3 is 6.09 Å². The highest BCUT2D eigenvalue weighted by Crippen LogP contribution is 2.18. The van der Waals surface area contributed by atoms with Crippen molar-refractivity contribution in [3.63, 3.8) is 0 Å². The zero-order valence-electron chi connectivity index (χ0n) is 14.3. The van der Waals surface area contributed by atoms with E-state index in [2.05, 4.69) is 4.98 Å². The molecule has 1 amide bonds. The van der Waals surface area contributed by atoms with E-state index in [1.54, 1.807) is 19.3 Å². The number of carbonyl (C=O) groups excluding carboxylic acids is 1. The van der Waals surface area contributed by atoms with Crippen molar-refractivity contribution in [1.29, 1.82) is 0 Å². The van der Waals surface area contributed by atoms with E-state index in [4.69, 9.17) is 16.3 Å². The van der Waals surface area contributed by atoms with Crippen LogP contribution >= 0.6 is 11.6 Å². The molecule has 24 heavy (non-hydrogen) atoms. The summed E-state index contributed by atoms with van der Waals surface area (Å²) in [6.45, 7) is 5.54. The first-order valence-corrected chi connectivity index (χ1v) is 7.99. The second kappa shape index (κ2) is 7.49. The highest BCUT2D eigenvalue weighted by molar-refractivity contribution is 6.29. The van der Waals surface area contributed by atoms with Crippen LogP contribution in [0.3, 0.4) is 0 Å². The molecule has 2 aromatic rings. The van der Waals surface area contributed by atoms with Crippen molar-refractivity contribution in [2.45, 2.75) is 26.4 Å². The van der Waals surface area contributed by atoms with Gasteiger partial charge in [0, 0.05) is 18.9 Å². The van der Waals surface area contributed by atoms with Crippen molar-refractivity contribution in [1.82, 2.24) is 4.98 Å². The minimum Gasteiger partial charge on any atom is -0.443 e. The lowest BCUT2D eigenvalue weighted by molar-refractivity contribution is 0.0589. The van der Waals surface area contributed by atoms with Crippen LogP contribution in [0.5, 0.6) is 0 Å². The van der Waals surface area contributed by atoms with Crippen LogP contribution in [-0.2, 0) is 4.74 Å². The van der Waals surface area contributed by atoms with Gasteiger partial charge in [-0.3, -0.25) is 4.90 Å². The molecule has 126 valence electrons. The number of benzene rings is 1. The standard InChI is InChI=1S/C19H21ClN2O2/c1-19(2,3)24-18(23)22(4)16-10-7-14(8-11-16)5-6-15-9-12-17(20)21-13-15/h5-13H,1-4H3/b6-5+. The molecule has 0 unspecified atom stereocenters. The Morgan fingerprint density at radius 2 is 1.67 bits per heavy atom. The third kappa shape index (κ3) is 5.39. The van der Waals surface area contributed by atoms with E-state index in [9.17, 15) is 4.79 Å². The highest BCUT2D eigenvalue weighted by atomic mass is 35.5. The van der Waals surface area contributed by atoms with Gasteiger partial charge in [-0.1, -0.05) is 42.0 Å². The minimum atomic E-state index is -0.513. The summed E-state index contributed by atoms with van der Waals surface area (Å²) >= 11 is 5.76. The van der Waals surface area contributed by atoms with Crippen LogP contribution in [0.1, 0.15) is 31.9 Å².